The summed E-state index contributed by atoms with van der Waals surface area (Å²) in [4.78, 5) is 23.9. The predicted octanol–water partition coefficient (Wildman–Crippen LogP) is 4.07. The van der Waals surface area contributed by atoms with Gasteiger partial charge in [0, 0.05) is 43.2 Å². The average Bonchev–Trinajstić information content (AvgIpc) is 2.83. The van der Waals surface area contributed by atoms with Crippen molar-refractivity contribution in [2.75, 3.05) is 25.1 Å². The molecule has 2 heterocycles. The van der Waals surface area contributed by atoms with Crippen LogP contribution in [0.3, 0.4) is 0 Å². The highest BCUT2D eigenvalue weighted by Gasteiger charge is 2.14. The van der Waals surface area contributed by atoms with Gasteiger partial charge in [0.05, 0.1) is 7.11 Å². The van der Waals surface area contributed by atoms with Crippen molar-refractivity contribution in [3.8, 4) is 16.9 Å². The van der Waals surface area contributed by atoms with E-state index >= 15 is 0 Å². The molecule has 154 valence electrons. The van der Waals surface area contributed by atoms with E-state index in [0.29, 0.717) is 12.1 Å². The van der Waals surface area contributed by atoms with E-state index < -0.39 is 0 Å². The van der Waals surface area contributed by atoms with Crippen molar-refractivity contribution in [1.29, 1.82) is 0 Å². The molecular formula is C24H26N4O2. The molecule has 1 aliphatic rings. The number of hydrogen-bond donors (Lipinski definition) is 1. The summed E-state index contributed by atoms with van der Waals surface area (Å²) >= 11 is 0. The van der Waals surface area contributed by atoms with Crippen LogP contribution in [0.15, 0.2) is 60.9 Å². The Balaban J connectivity index is 1.41. The first-order valence-electron chi connectivity index (χ1n) is 10.3. The van der Waals surface area contributed by atoms with Gasteiger partial charge in [-0.2, -0.15) is 0 Å². The summed E-state index contributed by atoms with van der Waals surface area (Å²) in [7, 11) is 1.63. The van der Waals surface area contributed by atoms with Crippen LogP contribution in [-0.4, -0.2) is 36.1 Å². The first-order chi connectivity index (χ1) is 14.7. The SMILES string of the molecule is COc1ccc(CNC(=O)c2cccc(-c3cnc(N4CCCCC4)nc3)c2)cc1. The fraction of sp³-hybridized carbons (Fsp3) is 0.292. The molecule has 1 N–H and O–H groups in total. The molecule has 0 bridgehead atoms. The number of methoxy groups -OCH3 is 1. The minimum atomic E-state index is -0.112. The minimum absolute atomic E-state index is 0.112. The number of anilines is 1. The van der Waals surface area contributed by atoms with Crippen LogP contribution >= 0.6 is 0 Å². The monoisotopic (exact) mass is 402 g/mol. The Morgan fingerprint density at radius 2 is 1.73 bits per heavy atom. The highest BCUT2D eigenvalue weighted by Crippen LogP contribution is 2.22. The van der Waals surface area contributed by atoms with Crippen molar-refractivity contribution in [3.05, 3.63) is 72.1 Å². The zero-order valence-electron chi connectivity index (χ0n) is 17.2. The fourth-order valence-corrected chi connectivity index (χ4v) is 3.60. The molecule has 1 amide bonds. The number of nitrogens with one attached hydrogen (secondary N) is 1. The molecule has 6 nitrogen and oxygen atoms in total. The van der Waals surface area contributed by atoms with Gasteiger partial charge in [0.15, 0.2) is 0 Å². The number of piperidine rings is 1. The molecule has 1 fully saturated rings. The van der Waals surface area contributed by atoms with Crippen molar-refractivity contribution >= 4 is 11.9 Å². The van der Waals surface area contributed by atoms with E-state index in [1.807, 2.05) is 60.9 Å². The van der Waals surface area contributed by atoms with Crippen LogP contribution in [-0.2, 0) is 6.54 Å². The number of carbonyl (C=O) groups is 1. The fourth-order valence-electron chi connectivity index (χ4n) is 3.60. The molecule has 3 aromatic rings. The van der Waals surface area contributed by atoms with Crippen LogP contribution in [0.2, 0.25) is 0 Å². The summed E-state index contributed by atoms with van der Waals surface area (Å²) in [5.74, 6) is 1.47. The van der Waals surface area contributed by atoms with Crippen molar-refractivity contribution in [2.45, 2.75) is 25.8 Å². The second kappa shape index (κ2) is 9.39. The Kier molecular flexibility index (Phi) is 6.23. The largest absolute Gasteiger partial charge is 0.497 e. The van der Waals surface area contributed by atoms with Crippen LogP contribution in [0.1, 0.15) is 35.2 Å². The van der Waals surface area contributed by atoms with Gasteiger partial charge < -0.3 is 15.0 Å². The second-order valence-electron chi connectivity index (χ2n) is 7.43. The Hall–Kier alpha value is -3.41. The van der Waals surface area contributed by atoms with Crippen molar-refractivity contribution in [1.82, 2.24) is 15.3 Å². The average molecular weight is 402 g/mol. The maximum atomic E-state index is 12.6. The molecule has 4 rings (SSSR count). The van der Waals surface area contributed by atoms with E-state index in [1.165, 1.54) is 19.3 Å². The lowest BCUT2D eigenvalue weighted by molar-refractivity contribution is 0.0951. The first-order valence-corrected chi connectivity index (χ1v) is 10.3. The van der Waals surface area contributed by atoms with Gasteiger partial charge >= 0.3 is 0 Å². The molecule has 0 saturated carbocycles. The van der Waals surface area contributed by atoms with Crippen LogP contribution < -0.4 is 15.0 Å². The first kappa shape index (κ1) is 19.9. The van der Waals surface area contributed by atoms with Crippen LogP contribution in [0.5, 0.6) is 5.75 Å². The lowest BCUT2D eigenvalue weighted by Crippen LogP contribution is -2.30. The van der Waals surface area contributed by atoms with Crippen LogP contribution in [0.25, 0.3) is 11.1 Å². The highest BCUT2D eigenvalue weighted by molar-refractivity contribution is 5.95. The van der Waals surface area contributed by atoms with Gasteiger partial charge in [0.2, 0.25) is 5.95 Å². The van der Waals surface area contributed by atoms with E-state index in [4.69, 9.17) is 4.74 Å². The molecule has 1 saturated heterocycles. The summed E-state index contributed by atoms with van der Waals surface area (Å²) in [5.41, 5.74) is 3.46. The summed E-state index contributed by atoms with van der Waals surface area (Å²) in [5, 5.41) is 2.97. The standard InChI is InChI=1S/C24H26N4O2/c1-30-22-10-8-18(9-11-22)15-25-23(29)20-7-5-6-19(14-20)21-16-26-24(27-17-21)28-12-3-2-4-13-28/h5-11,14,16-17H,2-4,12-13,15H2,1H3,(H,25,29). The number of ether oxygens (including phenoxy) is 1. The maximum absolute atomic E-state index is 12.6. The minimum Gasteiger partial charge on any atom is -0.497 e. The van der Waals surface area contributed by atoms with Crippen LogP contribution in [0.4, 0.5) is 5.95 Å². The zero-order chi connectivity index (χ0) is 20.8. The molecule has 0 atom stereocenters. The van der Waals surface area contributed by atoms with Gasteiger partial charge in [-0.25, -0.2) is 9.97 Å². The number of nitrogens with zero attached hydrogens (tertiary/aromatic N) is 3. The number of aromatic nitrogens is 2. The topological polar surface area (TPSA) is 67.3 Å². The third-order valence-corrected chi connectivity index (χ3v) is 5.35. The molecule has 0 radical (unpaired) electrons. The zero-order valence-corrected chi connectivity index (χ0v) is 17.2. The van der Waals surface area contributed by atoms with Crippen molar-refractivity contribution < 1.29 is 9.53 Å². The van der Waals surface area contributed by atoms with E-state index in [0.717, 1.165) is 41.5 Å². The Labute approximate surface area is 176 Å². The molecule has 6 heteroatoms. The van der Waals surface area contributed by atoms with Gasteiger partial charge in [-0.05, 0) is 54.7 Å². The lowest BCUT2D eigenvalue weighted by Gasteiger charge is -2.26. The quantitative estimate of drug-likeness (QED) is 0.673. The van der Waals surface area contributed by atoms with Crippen LogP contribution in [0, 0.1) is 0 Å². The second-order valence-corrected chi connectivity index (χ2v) is 7.43. The predicted molar refractivity (Wildman–Crippen MR) is 118 cm³/mol. The molecule has 2 aromatic carbocycles. The summed E-state index contributed by atoms with van der Waals surface area (Å²) in [6.45, 7) is 2.49. The number of hydrogen-bond acceptors (Lipinski definition) is 5. The number of carbonyl (C=O) groups excluding carboxylic acids is 1. The van der Waals surface area contributed by atoms with Gasteiger partial charge in [-0.15, -0.1) is 0 Å². The van der Waals surface area contributed by atoms with Crippen molar-refractivity contribution in [3.63, 3.8) is 0 Å². The highest BCUT2D eigenvalue weighted by atomic mass is 16.5. The normalized spacial score (nSPS) is 13.7. The molecule has 0 spiro atoms. The Morgan fingerprint density at radius 1 is 1.00 bits per heavy atom. The van der Waals surface area contributed by atoms with Gasteiger partial charge in [0.1, 0.15) is 5.75 Å². The van der Waals surface area contributed by atoms with E-state index in [-0.39, 0.29) is 5.91 Å². The number of amides is 1. The molecule has 0 unspecified atom stereocenters. The van der Waals surface area contributed by atoms with Gasteiger partial charge in [-0.3, -0.25) is 4.79 Å². The van der Waals surface area contributed by atoms with E-state index in [1.54, 1.807) is 7.11 Å². The number of benzene rings is 2. The van der Waals surface area contributed by atoms with Gasteiger partial charge in [0.25, 0.3) is 5.91 Å². The molecule has 1 aliphatic heterocycles. The van der Waals surface area contributed by atoms with Crippen molar-refractivity contribution in [2.24, 2.45) is 0 Å². The lowest BCUT2D eigenvalue weighted by atomic mass is 10.1. The maximum Gasteiger partial charge on any atom is 0.251 e. The third kappa shape index (κ3) is 4.76. The Morgan fingerprint density at radius 3 is 2.43 bits per heavy atom. The molecule has 1 aromatic heterocycles. The third-order valence-electron chi connectivity index (χ3n) is 5.35. The Bertz CT molecular complexity index is 981. The summed E-state index contributed by atoms with van der Waals surface area (Å²) in [6.07, 6.45) is 7.34. The van der Waals surface area contributed by atoms with Gasteiger partial charge in [-0.1, -0.05) is 24.3 Å². The molecular weight excluding hydrogens is 376 g/mol. The smallest absolute Gasteiger partial charge is 0.251 e. The molecule has 0 aliphatic carbocycles. The number of rotatable bonds is 6. The molecule has 30 heavy (non-hydrogen) atoms. The summed E-state index contributed by atoms with van der Waals surface area (Å²) in [6, 6.07) is 15.2. The van der Waals surface area contributed by atoms with E-state index in [2.05, 4.69) is 20.2 Å². The summed E-state index contributed by atoms with van der Waals surface area (Å²) < 4.78 is 5.16. The van der Waals surface area contributed by atoms with E-state index in [9.17, 15) is 4.79 Å².